The predicted octanol–water partition coefficient (Wildman–Crippen LogP) is 2.63. The molecule has 18 nitrogen and oxygen atoms in total. The summed E-state index contributed by atoms with van der Waals surface area (Å²) in [6.07, 6.45) is 2.01. The number of fused-ring (bicyclic) bond motifs is 3. The second-order valence-corrected chi connectivity index (χ2v) is 16.7. The van der Waals surface area contributed by atoms with E-state index in [1.165, 1.54) is 72.8 Å². The van der Waals surface area contributed by atoms with Crippen LogP contribution in [0.15, 0.2) is 128 Å². The first-order valence-corrected chi connectivity index (χ1v) is 20.8. The Bertz CT molecular complexity index is 3100. The second-order valence-electron chi connectivity index (χ2n) is 12.5. The van der Waals surface area contributed by atoms with Gasteiger partial charge in [0.15, 0.2) is 11.4 Å². The van der Waals surface area contributed by atoms with Crippen molar-refractivity contribution in [2.45, 2.75) is 4.90 Å². The first kappa shape index (κ1) is 42.7. The maximum absolute atomic E-state index is 13.5. The Kier molecular flexibility index (Phi) is 11.9. The Morgan fingerprint density at radius 2 is 0.983 bits per heavy atom. The number of nitrogens with zero attached hydrogens (tertiary/aromatic N) is 2. The van der Waals surface area contributed by atoms with Crippen molar-refractivity contribution in [1.82, 2.24) is 0 Å². The van der Waals surface area contributed by atoms with Crippen LogP contribution in [0.1, 0.15) is 33.3 Å². The molecule has 0 unspecified atom stereocenters. The van der Waals surface area contributed by atoms with E-state index in [0.29, 0.717) is 16.5 Å². The largest absolute Gasteiger partial charge is 1.00 e. The van der Waals surface area contributed by atoms with Crippen molar-refractivity contribution in [2.75, 3.05) is 21.5 Å². The number of Topliss-reactive ketones (excluding diaryl/α,β-unsaturated/α-hetero) is 2. The van der Waals surface area contributed by atoms with Crippen molar-refractivity contribution >= 4 is 105 Å². The number of ketones is 2. The molecule has 7 N–H and O–H groups in total. The van der Waals surface area contributed by atoms with Gasteiger partial charge >= 0.3 is 35.6 Å². The van der Waals surface area contributed by atoms with Gasteiger partial charge in [0.1, 0.15) is 9.81 Å². The third-order valence-electron chi connectivity index (χ3n) is 8.61. The van der Waals surface area contributed by atoms with Gasteiger partial charge in [0.25, 0.3) is 30.4 Å². The molecule has 0 aromatic heterocycles. The van der Waals surface area contributed by atoms with Crippen molar-refractivity contribution in [2.24, 2.45) is 10.2 Å². The van der Waals surface area contributed by atoms with E-state index in [2.05, 4.69) is 31.7 Å². The van der Waals surface area contributed by atoms with Gasteiger partial charge < -0.3 is 12.1 Å². The molecule has 2 aliphatic carbocycles. The molecular weight excluding hydrogens is 840 g/mol. The molecule has 7 rings (SSSR count). The molecule has 22 heteroatoms. The van der Waals surface area contributed by atoms with Crippen molar-refractivity contribution < 1.29 is 84.3 Å². The number of carbonyl (C=O) groups excluding carboxylic acids is 3. The molecule has 2 amide bonds. The molecule has 0 heterocycles. The molecule has 0 saturated heterocycles. The van der Waals surface area contributed by atoms with Gasteiger partial charge in [-0.05, 0) is 107 Å². The number of urea groups is 1. The minimum absolute atomic E-state index is 0. The smallest absolute Gasteiger partial charge is 1.00 e. The number of para-hydroxylation sites is 1. The monoisotopic (exact) mass is 866 g/mol. The van der Waals surface area contributed by atoms with Crippen LogP contribution in [0.3, 0.4) is 0 Å². The molecule has 0 bridgehead atoms. The zero-order valence-corrected chi connectivity index (χ0v) is 34.6. The summed E-state index contributed by atoms with van der Waals surface area (Å²) in [5.74, 6) is -1.71. The number of rotatable bonds is 9. The number of nitrogens with one attached hydrogen (secondary N) is 4. The fraction of sp³-hybridized carbons (Fsp3) is 0. The molecule has 5 aromatic carbocycles. The maximum atomic E-state index is 13.5. The van der Waals surface area contributed by atoms with Crippen LogP contribution < -0.4 is 51.0 Å². The zero-order chi connectivity index (χ0) is 41.6. The van der Waals surface area contributed by atoms with Gasteiger partial charge in [-0.2, -0.15) is 35.5 Å². The van der Waals surface area contributed by atoms with Gasteiger partial charge in [-0.3, -0.25) is 34.1 Å². The van der Waals surface area contributed by atoms with Crippen LogP contribution in [0.4, 0.5) is 27.5 Å². The fourth-order valence-electron chi connectivity index (χ4n) is 5.94. The van der Waals surface area contributed by atoms with Gasteiger partial charge in [-0.1, -0.05) is 30.3 Å². The van der Waals surface area contributed by atoms with Gasteiger partial charge in [-0.15, -0.1) is 0 Å². The van der Waals surface area contributed by atoms with E-state index < -0.39 is 69.2 Å². The number of hydrazone groups is 2. The van der Waals surface area contributed by atoms with Crippen molar-refractivity contribution in [3.63, 3.8) is 0 Å². The Labute approximate surface area is 358 Å². The first-order chi connectivity index (χ1) is 27.3. The van der Waals surface area contributed by atoms with E-state index in [4.69, 9.17) is 0 Å². The minimum atomic E-state index is -5.03. The van der Waals surface area contributed by atoms with Crippen LogP contribution in [-0.4, -0.2) is 67.9 Å². The van der Waals surface area contributed by atoms with Crippen LogP contribution in [0.25, 0.3) is 22.9 Å². The summed E-state index contributed by atoms with van der Waals surface area (Å²) in [6, 6.07) is 23.7. The topological polar surface area (TPSA) is 287 Å². The molecule has 0 spiro atoms. The first-order valence-electron chi connectivity index (χ1n) is 16.4. The summed E-state index contributed by atoms with van der Waals surface area (Å²) in [7, 11) is -14.4. The average molecular weight is 867 g/mol. The number of benzene rings is 5. The molecule has 0 fully saturated rings. The van der Waals surface area contributed by atoms with E-state index in [1.54, 1.807) is 30.3 Å². The van der Waals surface area contributed by atoms with Crippen LogP contribution >= 0.6 is 0 Å². The van der Waals surface area contributed by atoms with E-state index in [-0.39, 0.29) is 75.2 Å². The van der Waals surface area contributed by atoms with Gasteiger partial charge in [-0.25, -0.2) is 4.79 Å². The maximum Gasteiger partial charge on any atom is 1.00 e. The Morgan fingerprint density at radius 3 is 1.47 bits per heavy atom. The van der Waals surface area contributed by atoms with Gasteiger partial charge in [0.05, 0.1) is 16.3 Å². The van der Waals surface area contributed by atoms with E-state index in [0.717, 1.165) is 12.2 Å². The standard InChI is InChI=1S/C37H26N6O12S3.Na.H/c44-35-29-12-9-25(15-22(29)18-31(57(50,51)52)33(35)42-40-24-4-2-1-3-5-24)38-37(46)39-26-10-13-30-23(16-26)19-32(58(53,54)55)34(36(30)45)43-41-27-8-6-21-17-28(56(47,48)49)11-7-20(21)14-27;;/h1-19,40-41H,(H2,38,39,46)(H,47,48,49)(H,50,51,52)(H,53,54,55);;/q;+1;-1/b42-33-,43-34-;;. The predicted molar refractivity (Wildman–Crippen MR) is 217 cm³/mol. The molecule has 0 aliphatic heterocycles. The SMILES string of the molecule is O=C(Nc1ccc2c(c1)C=C(S(=O)(=O)O)/C(=N/Nc1ccccc1)C2=O)Nc1ccc2c(c1)C=C(S(=O)(=O)O)/C(=N/Nc1ccc3cc(S(=O)(=O)O)ccc3c1)C2=O.[H-].[Na+]. The van der Waals surface area contributed by atoms with Crippen LogP contribution in [0.5, 0.6) is 0 Å². The molecule has 5 aromatic rings. The molecule has 59 heavy (non-hydrogen) atoms. The fourth-order valence-corrected chi connectivity index (χ4v) is 7.77. The van der Waals surface area contributed by atoms with E-state index in [9.17, 15) is 53.3 Å². The molecule has 0 atom stereocenters. The van der Waals surface area contributed by atoms with Crippen LogP contribution in [-0.2, 0) is 30.4 Å². The number of amides is 2. The Morgan fingerprint density at radius 1 is 0.525 bits per heavy atom. The molecule has 0 radical (unpaired) electrons. The van der Waals surface area contributed by atoms with E-state index in [1.807, 2.05) is 0 Å². The van der Waals surface area contributed by atoms with Crippen LogP contribution in [0, 0.1) is 0 Å². The van der Waals surface area contributed by atoms with Gasteiger partial charge in [0, 0.05) is 22.5 Å². The molecular formula is C37H27N6NaO12S3. The number of hydrogen-bond acceptors (Lipinski definition) is 13. The minimum Gasteiger partial charge on any atom is -1.00 e. The molecule has 0 saturated carbocycles. The summed E-state index contributed by atoms with van der Waals surface area (Å²) in [5.41, 5.74) is 4.87. The number of anilines is 4. The third-order valence-corrected chi connectivity index (χ3v) is 11.2. The Hall–Kier alpha value is -5.88. The summed E-state index contributed by atoms with van der Waals surface area (Å²) in [6.45, 7) is 0. The third kappa shape index (κ3) is 9.38. The summed E-state index contributed by atoms with van der Waals surface area (Å²) >= 11 is 0. The average Bonchev–Trinajstić information content (AvgIpc) is 3.16. The number of carbonyl (C=O) groups is 3. The van der Waals surface area contributed by atoms with Crippen molar-refractivity contribution in [3.8, 4) is 0 Å². The summed E-state index contributed by atoms with van der Waals surface area (Å²) < 4.78 is 102. The van der Waals surface area contributed by atoms with Crippen LogP contribution in [0.2, 0.25) is 0 Å². The quantitative estimate of drug-likeness (QED) is 0.0637. The Balaban J connectivity index is 0.00000341. The normalized spacial score (nSPS) is 15.4. The van der Waals surface area contributed by atoms with Gasteiger partial charge in [0.2, 0.25) is 11.6 Å². The van der Waals surface area contributed by atoms with Crippen molar-refractivity contribution in [1.29, 1.82) is 0 Å². The van der Waals surface area contributed by atoms with Crippen molar-refractivity contribution in [3.05, 3.63) is 135 Å². The van der Waals surface area contributed by atoms with E-state index >= 15 is 0 Å². The molecule has 296 valence electrons. The summed E-state index contributed by atoms with van der Waals surface area (Å²) in [4.78, 5) is 37.9. The molecule has 2 aliphatic rings. The zero-order valence-electron chi connectivity index (χ0n) is 31.1. The number of hydrogen-bond donors (Lipinski definition) is 7. The number of allylic oxidation sites excluding steroid dienone is 2. The second kappa shape index (κ2) is 16.4. The summed E-state index contributed by atoms with van der Waals surface area (Å²) in [5, 5.41) is 13.9.